The van der Waals surface area contributed by atoms with Crippen molar-refractivity contribution in [2.45, 2.75) is 0 Å². The van der Waals surface area contributed by atoms with Gasteiger partial charge in [0, 0.05) is 7.05 Å². The van der Waals surface area contributed by atoms with Crippen LogP contribution in [0.15, 0.2) is 0 Å². The number of carbonyl (C=O) groups excluding carboxylic acids is 1. The fourth-order valence-electron chi connectivity index (χ4n) is 0.178. The Kier molecular flexibility index (Phi) is 2.71. The third-order valence-electron chi connectivity index (χ3n) is 0.347. The van der Waals surface area contributed by atoms with Gasteiger partial charge in [0.25, 0.3) is 0 Å². The van der Waals surface area contributed by atoms with Crippen LogP contribution in [-0.4, -0.2) is 24.0 Å². The fraction of sp³-hybridized carbons (Fsp3) is 0.667. The van der Waals surface area contributed by atoms with E-state index in [0.717, 1.165) is 4.42 Å². The number of carbonyl (C=O) groups is 1. The predicted octanol–water partition coefficient (Wildman–Crippen LogP) is -1.18. The summed E-state index contributed by atoms with van der Waals surface area (Å²) >= 11 is 5.09. The molecule has 0 radical (unpaired) electrons. The standard InChI is InChI=1S/C3H6ClNO2/c1-5(4)2-3(6)7/h2H2,1H3,(H,6,7)/p-1. The average molecular weight is 123 g/mol. The van der Waals surface area contributed by atoms with Crippen molar-refractivity contribution in [2.75, 3.05) is 13.6 Å². The van der Waals surface area contributed by atoms with Gasteiger partial charge < -0.3 is 9.90 Å². The Morgan fingerprint density at radius 3 is 2.43 bits per heavy atom. The highest BCUT2D eigenvalue weighted by molar-refractivity contribution is 6.14. The van der Waals surface area contributed by atoms with Crippen LogP contribution in [0.5, 0.6) is 0 Å². The zero-order valence-corrected chi connectivity index (χ0v) is 4.60. The van der Waals surface area contributed by atoms with Crippen molar-refractivity contribution in [1.29, 1.82) is 0 Å². The Morgan fingerprint density at radius 2 is 2.43 bits per heavy atom. The van der Waals surface area contributed by atoms with E-state index in [1.165, 1.54) is 7.05 Å². The molecule has 42 valence electrons. The summed E-state index contributed by atoms with van der Waals surface area (Å²) in [7, 11) is 1.44. The maximum Gasteiger partial charge on any atom is 0.0568 e. The van der Waals surface area contributed by atoms with Gasteiger partial charge in [0.2, 0.25) is 0 Å². The minimum atomic E-state index is -1.17. The lowest BCUT2D eigenvalue weighted by molar-refractivity contribution is -0.305. The number of carboxylic acids is 1. The molecule has 4 heteroatoms. The minimum absolute atomic E-state index is 0.235. The van der Waals surface area contributed by atoms with E-state index in [2.05, 4.69) is 0 Å². The molecule has 0 unspecified atom stereocenters. The Labute approximate surface area is 46.6 Å². The summed E-state index contributed by atoms with van der Waals surface area (Å²) in [4.78, 5) is 9.57. The lowest BCUT2D eigenvalue weighted by atomic mass is 10.7. The molecule has 7 heavy (non-hydrogen) atoms. The van der Waals surface area contributed by atoms with Crippen molar-refractivity contribution in [3.05, 3.63) is 0 Å². The molecular weight excluding hydrogens is 117 g/mol. The highest BCUT2D eigenvalue weighted by Crippen LogP contribution is 1.81. The molecule has 0 aromatic rings. The van der Waals surface area contributed by atoms with Gasteiger partial charge in [-0.2, -0.15) is 0 Å². The lowest BCUT2D eigenvalue weighted by Gasteiger charge is -2.04. The van der Waals surface area contributed by atoms with Gasteiger partial charge in [-0.1, -0.05) is 0 Å². The highest BCUT2D eigenvalue weighted by Gasteiger charge is 1.87. The van der Waals surface area contributed by atoms with Crippen LogP contribution in [0.1, 0.15) is 0 Å². The Bertz CT molecular complexity index is 73.3. The zero-order valence-electron chi connectivity index (χ0n) is 3.85. The van der Waals surface area contributed by atoms with Crippen LogP contribution in [0.3, 0.4) is 0 Å². The van der Waals surface area contributed by atoms with Gasteiger partial charge in [0.15, 0.2) is 0 Å². The van der Waals surface area contributed by atoms with Crippen molar-refractivity contribution in [3.63, 3.8) is 0 Å². The molecule has 0 aliphatic heterocycles. The summed E-state index contributed by atoms with van der Waals surface area (Å²) < 4.78 is 1.01. The fourth-order valence-corrected chi connectivity index (χ4v) is 0.275. The van der Waals surface area contributed by atoms with Gasteiger partial charge in [-0.15, -0.1) is 0 Å². The summed E-state index contributed by atoms with van der Waals surface area (Å²) in [6.07, 6.45) is 0. The quantitative estimate of drug-likeness (QED) is 0.433. The molecule has 0 aliphatic carbocycles. The second-order valence-corrected chi connectivity index (χ2v) is 1.71. The number of hydrogen-bond donors (Lipinski definition) is 0. The van der Waals surface area contributed by atoms with Gasteiger partial charge in [0.1, 0.15) is 0 Å². The summed E-state index contributed by atoms with van der Waals surface area (Å²) in [5.41, 5.74) is 0. The highest BCUT2D eigenvalue weighted by atomic mass is 35.5. The molecule has 0 fully saturated rings. The minimum Gasteiger partial charge on any atom is -0.549 e. The van der Waals surface area contributed by atoms with Crippen LogP contribution in [0.25, 0.3) is 0 Å². The molecule has 3 nitrogen and oxygen atoms in total. The van der Waals surface area contributed by atoms with Gasteiger partial charge >= 0.3 is 0 Å². The average Bonchev–Trinajstić information content (AvgIpc) is 1.27. The van der Waals surface area contributed by atoms with E-state index >= 15 is 0 Å². The van der Waals surface area contributed by atoms with E-state index in [9.17, 15) is 9.90 Å². The molecule has 0 heterocycles. The van der Waals surface area contributed by atoms with Gasteiger partial charge in [0.05, 0.1) is 12.5 Å². The van der Waals surface area contributed by atoms with E-state index in [0.29, 0.717) is 0 Å². The predicted molar refractivity (Wildman–Crippen MR) is 23.5 cm³/mol. The lowest BCUT2D eigenvalue weighted by Crippen LogP contribution is -2.31. The third-order valence-corrected chi connectivity index (χ3v) is 0.466. The summed E-state index contributed by atoms with van der Waals surface area (Å²) in [5, 5.41) is 9.57. The molecular formula is C3H5ClNO2-. The molecule has 0 rings (SSSR count). The number of halogens is 1. The smallest absolute Gasteiger partial charge is 0.0568 e. The molecule has 0 aromatic heterocycles. The topological polar surface area (TPSA) is 43.4 Å². The summed E-state index contributed by atoms with van der Waals surface area (Å²) in [6, 6.07) is 0. The van der Waals surface area contributed by atoms with Gasteiger partial charge in [-0.3, -0.25) is 0 Å². The molecule has 0 saturated heterocycles. The normalized spacial score (nSPS) is 9.57. The van der Waals surface area contributed by atoms with Crippen LogP contribution in [0, 0.1) is 0 Å². The van der Waals surface area contributed by atoms with Gasteiger partial charge in [-0.05, 0) is 11.8 Å². The molecule has 0 N–H and O–H groups in total. The second kappa shape index (κ2) is 2.82. The molecule has 0 aliphatic rings. The SMILES string of the molecule is CN(Cl)CC(=O)[O-]. The number of rotatable bonds is 2. The molecule has 0 amide bonds. The van der Waals surface area contributed by atoms with E-state index in [4.69, 9.17) is 11.8 Å². The van der Waals surface area contributed by atoms with Crippen molar-refractivity contribution < 1.29 is 9.90 Å². The maximum atomic E-state index is 9.57. The van der Waals surface area contributed by atoms with Crippen LogP contribution in [0.4, 0.5) is 0 Å². The van der Waals surface area contributed by atoms with Gasteiger partial charge in [-0.25, -0.2) is 4.42 Å². The number of likely N-dealkylation sites (N-methyl/N-ethyl adjacent to an activating group) is 1. The number of nitrogens with zero attached hydrogens (tertiary/aromatic N) is 1. The second-order valence-electron chi connectivity index (χ2n) is 1.13. The van der Waals surface area contributed by atoms with Crippen LogP contribution >= 0.6 is 11.8 Å². The first-order valence-corrected chi connectivity index (χ1v) is 2.03. The molecule has 0 aromatic carbocycles. The first kappa shape index (κ1) is 6.72. The zero-order chi connectivity index (χ0) is 5.86. The van der Waals surface area contributed by atoms with E-state index in [1.807, 2.05) is 0 Å². The molecule has 0 bridgehead atoms. The summed E-state index contributed by atoms with van der Waals surface area (Å²) in [5.74, 6) is -1.17. The van der Waals surface area contributed by atoms with Crippen LogP contribution in [-0.2, 0) is 4.79 Å². The van der Waals surface area contributed by atoms with E-state index in [-0.39, 0.29) is 6.54 Å². The maximum absolute atomic E-state index is 9.57. The third kappa shape index (κ3) is 5.72. The summed E-state index contributed by atoms with van der Waals surface area (Å²) in [6.45, 7) is -0.235. The van der Waals surface area contributed by atoms with Crippen LogP contribution < -0.4 is 5.11 Å². The Balaban J connectivity index is 3.13. The molecule has 0 atom stereocenters. The Morgan fingerprint density at radius 1 is 2.00 bits per heavy atom. The molecule has 0 spiro atoms. The van der Waals surface area contributed by atoms with Crippen molar-refractivity contribution in [2.24, 2.45) is 0 Å². The molecule has 0 saturated carbocycles. The van der Waals surface area contributed by atoms with Crippen LogP contribution in [0.2, 0.25) is 0 Å². The largest absolute Gasteiger partial charge is 0.549 e. The number of aliphatic carboxylic acids is 1. The van der Waals surface area contributed by atoms with Crippen molar-refractivity contribution in [1.82, 2.24) is 4.42 Å². The van der Waals surface area contributed by atoms with Crippen molar-refractivity contribution in [3.8, 4) is 0 Å². The van der Waals surface area contributed by atoms with E-state index in [1.54, 1.807) is 0 Å². The first-order chi connectivity index (χ1) is 3.13. The van der Waals surface area contributed by atoms with Crippen molar-refractivity contribution >= 4 is 17.7 Å². The number of hydrogen-bond acceptors (Lipinski definition) is 3. The van der Waals surface area contributed by atoms with E-state index < -0.39 is 5.97 Å². The number of carboxylic acid groups (broad SMARTS) is 1. The monoisotopic (exact) mass is 122 g/mol. The Hall–Kier alpha value is -0.280. The first-order valence-electron chi connectivity index (χ1n) is 1.69.